The Kier molecular flexibility index (Phi) is 7.26. The molecule has 0 saturated heterocycles. The number of aryl methyl sites for hydroxylation is 1. The quantitative estimate of drug-likeness (QED) is 0.178. The van der Waals surface area contributed by atoms with Crippen LogP contribution in [-0.4, -0.2) is 18.3 Å². The van der Waals surface area contributed by atoms with E-state index in [2.05, 4.69) is 225 Å². The SMILES string of the molecule is Cc1ccc2c3ccccc3n(-c3c(C#N)c(-n4c5ccccc5c5ccccc54)c(-n4c5ccccc5c5ccccc54)c(C#N)c3-n3c4ccccc4c4ccccc43)c2c1. The van der Waals surface area contributed by atoms with E-state index in [1.54, 1.807) is 0 Å². The van der Waals surface area contributed by atoms with Gasteiger partial charge < -0.3 is 18.3 Å². The molecule has 13 aromatic rings. The number of rotatable bonds is 4. The van der Waals surface area contributed by atoms with E-state index in [9.17, 15) is 10.5 Å². The monoisotopic (exact) mass is 802 g/mol. The molecular weight excluding hydrogens is 769 g/mol. The number of hydrogen-bond acceptors (Lipinski definition) is 2. The maximum absolute atomic E-state index is 12.3. The summed E-state index contributed by atoms with van der Waals surface area (Å²) in [5.41, 5.74) is 12.1. The highest BCUT2D eigenvalue weighted by molar-refractivity contribution is 6.15. The van der Waals surface area contributed by atoms with Crippen molar-refractivity contribution >= 4 is 87.2 Å². The van der Waals surface area contributed by atoms with E-state index in [-0.39, 0.29) is 0 Å². The van der Waals surface area contributed by atoms with Crippen LogP contribution in [0.15, 0.2) is 188 Å². The van der Waals surface area contributed by atoms with Gasteiger partial charge in [0.1, 0.15) is 23.3 Å². The predicted molar refractivity (Wildman–Crippen MR) is 258 cm³/mol. The van der Waals surface area contributed by atoms with E-state index in [4.69, 9.17) is 0 Å². The van der Waals surface area contributed by atoms with Gasteiger partial charge in [0.2, 0.25) is 0 Å². The fourth-order valence-corrected chi connectivity index (χ4v) is 10.6. The zero-order chi connectivity index (χ0) is 41.9. The zero-order valence-corrected chi connectivity index (χ0v) is 34.1. The van der Waals surface area contributed by atoms with Gasteiger partial charge in [-0.2, -0.15) is 10.5 Å². The minimum absolute atomic E-state index is 0.442. The first-order chi connectivity index (χ1) is 31.2. The van der Waals surface area contributed by atoms with Crippen LogP contribution in [0.4, 0.5) is 0 Å². The Morgan fingerprint density at radius 3 is 0.762 bits per heavy atom. The van der Waals surface area contributed by atoms with Gasteiger partial charge in [-0.1, -0.05) is 140 Å². The molecule has 0 aliphatic heterocycles. The molecule has 6 heteroatoms. The fraction of sp³-hybridized carbons (Fsp3) is 0.0175. The van der Waals surface area contributed by atoms with Crippen molar-refractivity contribution in [2.45, 2.75) is 6.92 Å². The predicted octanol–water partition coefficient (Wildman–Crippen LogP) is 14.1. The molecule has 0 radical (unpaired) electrons. The van der Waals surface area contributed by atoms with Crippen LogP contribution in [0.3, 0.4) is 0 Å². The van der Waals surface area contributed by atoms with Crippen LogP contribution < -0.4 is 0 Å². The number of para-hydroxylation sites is 7. The molecule has 0 aliphatic carbocycles. The summed E-state index contributed by atoms with van der Waals surface area (Å²) in [5, 5.41) is 33.1. The highest BCUT2D eigenvalue weighted by Crippen LogP contribution is 2.48. The van der Waals surface area contributed by atoms with Gasteiger partial charge in [-0.15, -0.1) is 0 Å². The molecule has 63 heavy (non-hydrogen) atoms. The summed E-state index contributed by atoms with van der Waals surface area (Å²) in [6.45, 7) is 2.11. The van der Waals surface area contributed by atoms with Crippen LogP contribution in [-0.2, 0) is 0 Å². The molecule has 6 nitrogen and oxygen atoms in total. The number of fused-ring (bicyclic) bond motifs is 12. The van der Waals surface area contributed by atoms with Crippen LogP contribution in [0.5, 0.6) is 0 Å². The first-order valence-electron chi connectivity index (χ1n) is 21.2. The van der Waals surface area contributed by atoms with Crippen molar-refractivity contribution in [2.24, 2.45) is 0 Å². The third kappa shape index (κ3) is 4.64. The second-order valence-electron chi connectivity index (χ2n) is 16.4. The summed E-state index contributed by atoms with van der Waals surface area (Å²) >= 11 is 0. The third-order valence-corrected chi connectivity index (χ3v) is 13.1. The van der Waals surface area contributed by atoms with Gasteiger partial charge in [-0.25, -0.2) is 0 Å². The van der Waals surface area contributed by atoms with Crippen molar-refractivity contribution in [3.05, 3.63) is 205 Å². The van der Waals surface area contributed by atoms with E-state index < -0.39 is 0 Å². The van der Waals surface area contributed by atoms with Crippen LogP contribution >= 0.6 is 0 Å². The minimum atomic E-state index is 0.442. The standard InChI is InChI=1S/C57H34N6/c1-35-30-31-43-42-22-8-15-29-52(42)63(53(43)32-35)57-45(34-59)55(61-48-25-11-4-18-38(48)39-19-5-12-26-49(39)61)54(60-46-23-9-2-16-36(46)37-17-3-10-24-47(37)60)44(33-58)56(57)62-50-27-13-6-20-40(50)41-21-7-14-28-51(41)62/h2-32H,1H3. The third-order valence-electron chi connectivity index (χ3n) is 13.1. The second-order valence-corrected chi connectivity index (χ2v) is 16.4. The number of nitrogens with zero attached hydrogens (tertiary/aromatic N) is 6. The Labute approximate surface area is 361 Å². The molecule has 9 aromatic carbocycles. The van der Waals surface area contributed by atoms with Crippen LogP contribution in [0.1, 0.15) is 16.7 Å². The molecule has 13 rings (SSSR count). The fourth-order valence-electron chi connectivity index (χ4n) is 10.6. The summed E-state index contributed by atoms with van der Waals surface area (Å²) in [4.78, 5) is 0. The lowest BCUT2D eigenvalue weighted by Crippen LogP contribution is -2.16. The number of hydrogen-bond donors (Lipinski definition) is 0. The lowest BCUT2D eigenvalue weighted by atomic mass is 9.98. The smallest absolute Gasteiger partial charge is 0.104 e. The van der Waals surface area contributed by atoms with Crippen molar-refractivity contribution in [3.8, 4) is 34.9 Å². The van der Waals surface area contributed by atoms with Crippen LogP contribution in [0.25, 0.3) is 110 Å². The van der Waals surface area contributed by atoms with Crippen molar-refractivity contribution in [1.29, 1.82) is 10.5 Å². The molecule has 0 N–H and O–H groups in total. The summed E-state index contributed by atoms with van der Waals surface area (Å²) in [6.07, 6.45) is 0. The van der Waals surface area contributed by atoms with Crippen molar-refractivity contribution in [3.63, 3.8) is 0 Å². The maximum atomic E-state index is 12.3. The van der Waals surface area contributed by atoms with Gasteiger partial charge in [0.15, 0.2) is 0 Å². The molecule has 0 bridgehead atoms. The molecule has 0 amide bonds. The van der Waals surface area contributed by atoms with Gasteiger partial charge in [-0.05, 0) is 61.0 Å². The zero-order valence-electron chi connectivity index (χ0n) is 34.1. The van der Waals surface area contributed by atoms with E-state index >= 15 is 0 Å². The first-order valence-corrected chi connectivity index (χ1v) is 21.2. The Balaban J connectivity index is 1.39. The highest BCUT2D eigenvalue weighted by atomic mass is 15.1. The molecular formula is C57H34N6. The normalized spacial score (nSPS) is 11.9. The molecule has 0 fully saturated rings. The lowest BCUT2D eigenvalue weighted by Gasteiger charge is -2.27. The minimum Gasteiger partial charge on any atom is -0.306 e. The second kappa shape index (κ2) is 13.1. The molecule has 4 aromatic heterocycles. The van der Waals surface area contributed by atoms with Crippen molar-refractivity contribution < 1.29 is 0 Å². The van der Waals surface area contributed by atoms with Gasteiger partial charge in [0.25, 0.3) is 0 Å². The van der Waals surface area contributed by atoms with E-state index in [1.807, 2.05) is 0 Å². The van der Waals surface area contributed by atoms with E-state index in [1.165, 1.54) is 0 Å². The average molecular weight is 803 g/mol. The summed E-state index contributed by atoms with van der Waals surface area (Å²) in [5.74, 6) is 0. The Hall–Kier alpha value is -8.84. The summed E-state index contributed by atoms with van der Waals surface area (Å²) < 4.78 is 8.97. The number of nitriles is 2. The Bertz CT molecular complexity index is 4030. The van der Waals surface area contributed by atoms with Crippen LogP contribution in [0.2, 0.25) is 0 Å². The molecule has 0 saturated carbocycles. The van der Waals surface area contributed by atoms with Gasteiger partial charge in [0, 0.05) is 43.1 Å². The van der Waals surface area contributed by atoms with Gasteiger partial charge >= 0.3 is 0 Å². The molecule has 0 unspecified atom stereocenters. The van der Waals surface area contributed by atoms with Crippen molar-refractivity contribution in [1.82, 2.24) is 18.3 Å². The molecule has 4 heterocycles. The molecule has 0 spiro atoms. The summed E-state index contributed by atoms with van der Waals surface area (Å²) in [7, 11) is 0. The maximum Gasteiger partial charge on any atom is 0.104 e. The van der Waals surface area contributed by atoms with E-state index in [0.29, 0.717) is 33.9 Å². The lowest BCUT2D eigenvalue weighted by molar-refractivity contribution is 1.02. The summed E-state index contributed by atoms with van der Waals surface area (Å²) in [6, 6.07) is 71.1. The highest BCUT2D eigenvalue weighted by Gasteiger charge is 2.34. The van der Waals surface area contributed by atoms with E-state index in [0.717, 1.165) is 92.8 Å². The molecule has 0 aliphatic rings. The molecule has 292 valence electrons. The Morgan fingerprint density at radius 1 is 0.286 bits per heavy atom. The first kappa shape index (κ1) is 35.0. The van der Waals surface area contributed by atoms with Gasteiger partial charge in [-0.3, -0.25) is 0 Å². The largest absolute Gasteiger partial charge is 0.306 e. The number of benzene rings is 9. The van der Waals surface area contributed by atoms with Crippen molar-refractivity contribution in [2.75, 3.05) is 0 Å². The van der Waals surface area contributed by atoms with Gasteiger partial charge in [0.05, 0.1) is 66.9 Å². The number of aromatic nitrogens is 4. The van der Waals surface area contributed by atoms with Crippen LogP contribution in [0, 0.1) is 29.6 Å². The Morgan fingerprint density at radius 2 is 0.508 bits per heavy atom. The average Bonchev–Trinajstić information content (AvgIpc) is 4.05. The topological polar surface area (TPSA) is 67.3 Å². The molecule has 0 atom stereocenters.